The second kappa shape index (κ2) is 10.0. The first kappa shape index (κ1) is 17.3. The fourth-order valence-corrected chi connectivity index (χ4v) is 1.93. The summed E-state index contributed by atoms with van der Waals surface area (Å²) in [5.74, 6) is 1.44. The summed E-state index contributed by atoms with van der Waals surface area (Å²) in [5, 5.41) is 2.89. The lowest BCUT2D eigenvalue weighted by atomic mass is 10.1. The highest BCUT2D eigenvalue weighted by atomic mass is 16.5. The SMILES string of the molecule is CCOCCCNC(=O)CCc1ccc(OC)c(OC)c1. The molecule has 118 valence electrons. The summed E-state index contributed by atoms with van der Waals surface area (Å²) in [7, 11) is 3.21. The standard InChI is InChI=1S/C16H25NO4/c1-4-21-11-5-10-17-16(18)9-7-13-6-8-14(19-2)15(12-13)20-3/h6,8,12H,4-5,7,9-11H2,1-3H3,(H,17,18). The summed E-state index contributed by atoms with van der Waals surface area (Å²) in [6.07, 6.45) is 1.98. The van der Waals surface area contributed by atoms with Crippen molar-refractivity contribution in [2.24, 2.45) is 0 Å². The van der Waals surface area contributed by atoms with E-state index in [0.29, 0.717) is 44.1 Å². The van der Waals surface area contributed by atoms with E-state index in [4.69, 9.17) is 14.2 Å². The monoisotopic (exact) mass is 295 g/mol. The van der Waals surface area contributed by atoms with Gasteiger partial charge in [-0.25, -0.2) is 0 Å². The number of rotatable bonds is 10. The smallest absolute Gasteiger partial charge is 0.220 e. The van der Waals surface area contributed by atoms with Crippen LogP contribution in [0.2, 0.25) is 0 Å². The van der Waals surface area contributed by atoms with Gasteiger partial charge in [0.15, 0.2) is 11.5 Å². The lowest BCUT2D eigenvalue weighted by molar-refractivity contribution is -0.121. The number of hydrogen-bond acceptors (Lipinski definition) is 4. The van der Waals surface area contributed by atoms with Crippen molar-refractivity contribution in [1.82, 2.24) is 5.32 Å². The Morgan fingerprint density at radius 2 is 1.95 bits per heavy atom. The minimum absolute atomic E-state index is 0.0567. The van der Waals surface area contributed by atoms with Crippen LogP contribution in [-0.4, -0.2) is 39.9 Å². The Bertz CT molecular complexity index is 434. The van der Waals surface area contributed by atoms with Crippen molar-refractivity contribution in [2.75, 3.05) is 34.0 Å². The topological polar surface area (TPSA) is 56.8 Å². The molecule has 1 N–H and O–H groups in total. The number of aryl methyl sites for hydroxylation is 1. The zero-order valence-electron chi connectivity index (χ0n) is 13.1. The first-order valence-corrected chi connectivity index (χ1v) is 7.26. The fraction of sp³-hybridized carbons (Fsp3) is 0.562. The third kappa shape index (κ3) is 6.49. The van der Waals surface area contributed by atoms with E-state index in [0.717, 1.165) is 12.0 Å². The Morgan fingerprint density at radius 1 is 1.19 bits per heavy atom. The quantitative estimate of drug-likeness (QED) is 0.672. The number of nitrogens with one attached hydrogen (secondary N) is 1. The van der Waals surface area contributed by atoms with Gasteiger partial charge < -0.3 is 19.5 Å². The Hall–Kier alpha value is -1.75. The van der Waals surface area contributed by atoms with Crippen molar-refractivity contribution in [2.45, 2.75) is 26.2 Å². The molecule has 0 spiro atoms. The summed E-state index contributed by atoms with van der Waals surface area (Å²) in [6.45, 7) is 4.02. The molecule has 0 unspecified atom stereocenters. The van der Waals surface area contributed by atoms with Gasteiger partial charge in [-0.3, -0.25) is 4.79 Å². The number of benzene rings is 1. The molecule has 0 aliphatic heterocycles. The number of amides is 1. The molecule has 21 heavy (non-hydrogen) atoms. The lowest BCUT2D eigenvalue weighted by Crippen LogP contribution is -2.25. The average Bonchev–Trinajstić information content (AvgIpc) is 2.52. The molecule has 1 amide bonds. The van der Waals surface area contributed by atoms with Crippen molar-refractivity contribution < 1.29 is 19.0 Å². The van der Waals surface area contributed by atoms with Gasteiger partial charge in [-0.1, -0.05) is 6.07 Å². The highest BCUT2D eigenvalue weighted by Gasteiger charge is 2.06. The summed E-state index contributed by atoms with van der Waals surface area (Å²) < 4.78 is 15.6. The number of hydrogen-bond donors (Lipinski definition) is 1. The van der Waals surface area contributed by atoms with E-state index >= 15 is 0 Å². The van der Waals surface area contributed by atoms with Crippen LogP contribution in [0.5, 0.6) is 11.5 Å². The molecule has 1 aromatic rings. The van der Waals surface area contributed by atoms with E-state index in [1.165, 1.54) is 0 Å². The van der Waals surface area contributed by atoms with Crippen molar-refractivity contribution in [3.8, 4) is 11.5 Å². The number of methoxy groups -OCH3 is 2. The van der Waals surface area contributed by atoms with Gasteiger partial charge in [0, 0.05) is 26.2 Å². The maximum Gasteiger partial charge on any atom is 0.220 e. The molecule has 1 rings (SSSR count). The summed E-state index contributed by atoms with van der Waals surface area (Å²) in [6, 6.07) is 5.71. The summed E-state index contributed by atoms with van der Waals surface area (Å²) in [5.41, 5.74) is 1.05. The van der Waals surface area contributed by atoms with Crippen molar-refractivity contribution in [1.29, 1.82) is 0 Å². The molecule has 0 bridgehead atoms. The van der Waals surface area contributed by atoms with Gasteiger partial charge in [-0.15, -0.1) is 0 Å². The predicted octanol–water partition coefficient (Wildman–Crippen LogP) is 2.18. The Balaban J connectivity index is 2.32. The van der Waals surface area contributed by atoms with Crippen LogP contribution in [0, 0.1) is 0 Å². The maximum atomic E-state index is 11.7. The first-order valence-electron chi connectivity index (χ1n) is 7.26. The molecule has 5 nitrogen and oxygen atoms in total. The van der Waals surface area contributed by atoms with Gasteiger partial charge in [-0.2, -0.15) is 0 Å². The normalized spacial score (nSPS) is 10.2. The third-order valence-corrected chi connectivity index (χ3v) is 3.08. The molecule has 0 aliphatic carbocycles. The van der Waals surface area contributed by atoms with Gasteiger partial charge >= 0.3 is 0 Å². The van der Waals surface area contributed by atoms with E-state index in [2.05, 4.69) is 5.32 Å². The zero-order valence-corrected chi connectivity index (χ0v) is 13.1. The van der Waals surface area contributed by atoms with Crippen LogP contribution < -0.4 is 14.8 Å². The van der Waals surface area contributed by atoms with Crippen LogP contribution in [0.3, 0.4) is 0 Å². The highest BCUT2D eigenvalue weighted by molar-refractivity contribution is 5.76. The minimum Gasteiger partial charge on any atom is -0.493 e. The van der Waals surface area contributed by atoms with Crippen molar-refractivity contribution >= 4 is 5.91 Å². The van der Waals surface area contributed by atoms with Gasteiger partial charge in [0.25, 0.3) is 0 Å². The molecule has 0 atom stereocenters. The highest BCUT2D eigenvalue weighted by Crippen LogP contribution is 2.27. The van der Waals surface area contributed by atoms with Crippen LogP contribution in [0.15, 0.2) is 18.2 Å². The molecule has 0 heterocycles. The molecule has 0 fully saturated rings. The van der Waals surface area contributed by atoms with E-state index in [1.54, 1.807) is 14.2 Å². The first-order chi connectivity index (χ1) is 10.2. The van der Waals surface area contributed by atoms with Crippen LogP contribution in [-0.2, 0) is 16.0 Å². The second-order valence-electron chi connectivity index (χ2n) is 4.59. The minimum atomic E-state index is 0.0567. The Morgan fingerprint density at radius 3 is 2.62 bits per heavy atom. The second-order valence-corrected chi connectivity index (χ2v) is 4.59. The largest absolute Gasteiger partial charge is 0.493 e. The summed E-state index contributed by atoms with van der Waals surface area (Å²) >= 11 is 0. The molecule has 1 aromatic carbocycles. The predicted molar refractivity (Wildman–Crippen MR) is 82.0 cm³/mol. The maximum absolute atomic E-state index is 11.7. The van der Waals surface area contributed by atoms with Crippen LogP contribution >= 0.6 is 0 Å². The van der Waals surface area contributed by atoms with Gasteiger partial charge in [0.1, 0.15) is 0 Å². The molecule has 5 heteroatoms. The van der Waals surface area contributed by atoms with Crippen LogP contribution in [0.1, 0.15) is 25.3 Å². The van der Waals surface area contributed by atoms with E-state index < -0.39 is 0 Å². The molecule has 0 radical (unpaired) electrons. The van der Waals surface area contributed by atoms with E-state index in [1.807, 2.05) is 25.1 Å². The van der Waals surface area contributed by atoms with Gasteiger partial charge in [-0.05, 0) is 37.5 Å². The number of carbonyl (C=O) groups excluding carboxylic acids is 1. The Kier molecular flexibility index (Phi) is 8.28. The van der Waals surface area contributed by atoms with Crippen LogP contribution in [0.4, 0.5) is 0 Å². The molecule has 0 aromatic heterocycles. The van der Waals surface area contributed by atoms with E-state index in [9.17, 15) is 4.79 Å². The molecular formula is C16H25NO4. The number of ether oxygens (including phenoxy) is 3. The van der Waals surface area contributed by atoms with Crippen LogP contribution in [0.25, 0.3) is 0 Å². The lowest BCUT2D eigenvalue weighted by Gasteiger charge is -2.09. The average molecular weight is 295 g/mol. The van der Waals surface area contributed by atoms with Gasteiger partial charge in [0.05, 0.1) is 14.2 Å². The molecular weight excluding hydrogens is 270 g/mol. The summed E-state index contributed by atoms with van der Waals surface area (Å²) in [4.78, 5) is 11.7. The van der Waals surface area contributed by atoms with E-state index in [-0.39, 0.29) is 5.91 Å². The molecule has 0 saturated heterocycles. The number of carbonyl (C=O) groups is 1. The zero-order chi connectivity index (χ0) is 15.5. The van der Waals surface area contributed by atoms with Crippen molar-refractivity contribution in [3.05, 3.63) is 23.8 Å². The Labute approximate surface area is 126 Å². The molecule has 0 aliphatic rings. The molecule has 0 saturated carbocycles. The third-order valence-electron chi connectivity index (χ3n) is 3.08. The van der Waals surface area contributed by atoms with Gasteiger partial charge in [0.2, 0.25) is 5.91 Å². The fourth-order valence-electron chi connectivity index (χ4n) is 1.93. The van der Waals surface area contributed by atoms with Crippen molar-refractivity contribution in [3.63, 3.8) is 0 Å².